The standard InChI is InChI=1S/C16H15N3O3/c1-21-11-6-7-14(22-2)12(9-11)18-16(20)13-10-19-8-4-3-5-15(19)17-13/h3-10H,1-2H3,(H,18,20). The van der Waals surface area contributed by atoms with Crippen molar-refractivity contribution in [2.75, 3.05) is 19.5 Å². The summed E-state index contributed by atoms with van der Waals surface area (Å²) in [6.07, 6.45) is 3.52. The van der Waals surface area contributed by atoms with Gasteiger partial charge in [-0.25, -0.2) is 4.98 Å². The number of amides is 1. The quantitative estimate of drug-likeness (QED) is 0.804. The van der Waals surface area contributed by atoms with Crippen LogP contribution >= 0.6 is 0 Å². The molecule has 3 rings (SSSR count). The Bertz CT molecular complexity index is 793. The summed E-state index contributed by atoms with van der Waals surface area (Å²) in [5.74, 6) is 0.874. The number of fused-ring (bicyclic) bond motifs is 1. The molecule has 0 aliphatic heterocycles. The molecule has 1 N–H and O–H groups in total. The van der Waals surface area contributed by atoms with Crippen molar-refractivity contribution in [3.8, 4) is 11.5 Å². The first-order chi connectivity index (χ1) is 10.7. The van der Waals surface area contributed by atoms with Gasteiger partial charge in [-0.2, -0.15) is 0 Å². The van der Waals surface area contributed by atoms with Crippen molar-refractivity contribution in [2.45, 2.75) is 0 Å². The molecular weight excluding hydrogens is 282 g/mol. The molecule has 112 valence electrons. The molecule has 0 fully saturated rings. The number of rotatable bonds is 4. The second-order valence-corrected chi connectivity index (χ2v) is 4.61. The predicted molar refractivity (Wildman–Crippen MR) is 82.7 cm³/mol. The van der Waals surface area contributed by atoms with Gasteiger partial charge in [-0.05, 0) is 24.3 Å². The maximum atomic E-state index is 12.4. The fourth-order valence-electron chi connectivity index (χ4n) is 2.14. The molecular formula is C16H15N3O3. The Kier molecular flexibility index (Phi) is 3.65. The van der Waals surface area contributed by atoms with Gasteiger partial charge in [-0.3, -0.25) is 4.79 Å². The summed E-state index contributed by atoms with van der Waals surface area (Å²) in [6.45, 7) is 0. The van der Waals surface area contributed by atoms with Gasteiger partial charge in [0, 0.05) is 18.5 Å². The van der Waals surface area contributed by atoms with Crippen molar-refractivity contribution >= 4 is 17.2 Å². The second kappa shape index (κ2) is 5.77. The second-order valence-electron chi connectivity index (χ2n) is 4.61. The minimum absolute atomic E-state index is 0.310. The highest BCUT2D eigenvalue weighted by molar-refractivity contribution is 6.04. The Hall–Kier alpha value is -3.02. The molecule has 0 atom stereocenters. The number of imidazole rings is 1. The number of carbonyl (C=O) groups is 1. The van der Waals surface area contributed by atoms with Gasteiger partial charge in [0.05, 0.1) is 19.9 Å². The number of pyridine rings is 1. The largest absolute Gasteiger partial charge is 0.497 e. The molecule has 0 spiro atoms. The molecule has 0 saturated heterocycles. The lowest BCUT2D eigenvalue weighted by atomic mass is 10.2. The lowest BCUT2D eigenvalue weighted by Gasteiger charge is -2.10. The van der Waals surface area contributed by atoms with E-state index in [1.54, 1.807) is 43.0 Å². The molecule has 22 heavy (non-hydrogen) atoms. The van der Waals surface area contributed by atoms with Crippen molar-refractivity contribution in [3.63, 3.8) is 0 Å². The van der Waals surface area contributed by atoms with Crippen molar-refractivity contribution in [3.05, 3.63) is 54.5 Å². The molecule has 1 amide bonds. The van der Waals surface area contributed by atoms with Crippen molar-refractivity contribution in [1.29, 1.82) is 0 Å². The third kappa shape index (κ3) is 2.58. The summed E-state index contributed by atoms with van der Waals surface area (Å²) < 4.78 is 12.2. The number of nitrogens with zero attached hydrogens (tertiary/aromatic N) is 2. The molecule has 1 aromatic carbocycles. The van der Waals surface area contributed by atoms with E-state index in [0.29, 0.717) is 28.5 Å². The maximum absolute atomic E-state index is 12.4. The van der Waals surface area contributed by atoms with Gasteiger partial charge < -0.3 is 19.2 Å². The molecule has 0 saturated carbocycles. The van der Waals surface area contributed by atoms with Crippen molar-refractivity contribution in [2.24, 2.45) is 0 Å². The summed E-state index contributed by atoms with van der Waals surface area (Å²) in [5.41, 5.74) is 1.57. The van der Waals surface area contributed by atoms with E-state index in [9.17, 15) is 4.79 Å². The van der Waals surface area contributed by atoms with E-state index >= 15 is 0 Å². The highest BCUT2D eigenvalue weighted by atomic mass is 16.5. The van der Waals surface area contributed by atoms with E-state index in [2.05, 4.69) is 10.3 Å². The number of benzene rings is 1. The Morgan fingerprint density at radius 1 is 1.18 bits per heavy atom. The van der Waals surface area contributed by atoms with Crippen LogP contribution in [0.2, 0.25) is 0 Å². The van der Waals surface area contributed by atoms with Gasteiger partial charge in [-0.15, -0.1) is 0 Å². The number of aromatic nitrogens is 2. The van der Waals surface area contributed by atoms with Crippen LogP contribution in [0, 0.1) is 0 Å². The van der Waals surface area contributed by atoms with Gasteiger partial charge in [0.15, 0.2) is 0 Å². The highest BCUT2D eigenvalue weighted by Gasteiger charge is 2.14. The number of methoxy groups -OCH3 is 2. The van der Waals surface area contributed by atoms with Gasteiger partial charge in [0.25, 0.3) is 5.91 Å². The zero-order chi connectivity index (χ0) is 15.5. The predicted octanol–water partition coefficient (Wildman–Crippen LogP) is 2.60. The van der Waals surface area contributed by atoms with E-state index in [-0.39, 0.29) is 5.91 Å². The molecule has 0 aliphatic carbocycles. The van der Waals surface area contributed by atoms with Crippen LogP contribution in [0.15, 0.2) is 48.8 Å². The monoisotopic (exact) mass is 297 g/mol. The van der Waals surface area contributed by atoms with Crippen LogP contribution in [0.1, 0.15) is 10.5 Å². The molecule has 6 heteroatoms. The summed E-state index contributed by atoms with van der Waals surface area (Å²) in [7, 11) is 3.11. The fraction of sp³-hybridized carbons (Fsp3) is 0.125. The lowest BCUT2D eigenvalue weighted by Crippen LogP contribution is -2.13. The number of anilines is 1. The van der Waals surface area contributed by atoms with Gasteiger partial charge >= 0.3 is 0 Å². The van der Waals surface area contributed by atoms with Gasteiger partial charge in [0.1, 0.15) is 22.8 Å². The smallest absolute Gasteiger partial charge is 0.275 e. The Morgan fingerprint density at radius 3 is 2.77 bits per heavy atom. The van der Waals surface area contributed by atoms with Crippen molar-refractivity contribution in [1.82, 2.24) is 9.38 Å². The van der Waals surface area contributed by atoms with Crippen LogP contribution in [-0.2, 0) is 0 Å². The zero-order valence-electron chi connectivity index (χ0n) is 12.2. The van der Waals surface area contributed by atoms with Crippen LogP contribution < -0.4 is 14.8 Å². The highest BCUT2D eigenvalue weighted by Crippen LogP contribution is 2.29. The lowest BCUT2D eigenvalue weighted by molar-refractivity contribution is 0.102. The van der Waals surface area contributed by atoms with Crippen molar-refractivity contribution < 1.29 is 14.3 Å². The number of carbonyl (C=O) groups excluding carboxylic acids is 1. The molecule has 0 unspecified atom stereocenters. The summed E-state index contributed by atoms with van der Waals surface area (Å²) >= 11 is 0. The summed E-state index contributed by atoms with van der Waals surface area (Å²) in [4.78, 5) is 16.7. The Morgan fingerprint density at radius 2 is 2.05 bits per heavy atom. The van der Waals surface area contributed by atoms with Crippen LogP contribution in [0.3, 0.4) is 0 Å². The summed E-state index contributed by atoms with van der Waals surface area (Å²) in [5, 5.41) is 2.79. The molecule has 0 radical (unpaired) electrons. The zero-order valence-corrected chi connectivity index (χ0v) is 12.2. The first kappa shape index (κ1) is 13.9. The number of ether oxygens (including phenoxy) is 2. The molecule has 0 aliphatic rings. The van der Waals surface area contributed by atoms with Crippen LogP contribution in [0.4, 0.5) is 5.69 Å². The van der Waals surface area contributed by atoms with E-state index in [1.165, 1.54) is 0 Å². The average molecular weight is 297 g/mol. The minimum Gasteiger partial charge on any atom is -0.497 e. The minimum atomic E-state index is -0.310. The molecule has 2 aromatic heterocycles. The number of hydrogen-bond acceptors (Lipinski definition) is 4. The van der Waals surface area contributed by atoms with Gasteiger partial charge in [-0.1, -0.05) is 6.07 Å². The van der Waals surface area contributed by atoms with E-state index < -0.39 is 0 Å². The SMILES string of the molecule is COc1ccc(OC)c(NC(=O)c2cn3ccccc3n2)c1. The van der Waals surface area contributed by atoms with Crippen LogP contribution in [0.5, 0.6) is 11.5 Å². The van der Waals surface area contributed by atoms with Crippen LogP contribution in [-0.4, -0.2) is 29.5 Å². The Labute approximate surface area is 127 Å². The maximum Gasteiger partial charge on any atom is 0.275 e. The normalized spacial score (nSPS) is 10.5. The molecule has 3 aromatic rings. The fourth-order valence-corrected chi connectivity index (χ4v) is 2.14. The van der Waals surface area contributed by atoms with E-state index in [4.69, 9.17) is 9.47 Å². The average Bonchev–Trinajstić information content (AvgIpc) is 2.99. The van der Waals surface area contributed by atoms with Crippen LogP contribution in [0.25, 0.3) is 5.65 Å². The summed E-state index contributed by atoms with van der Waals surface area (Å²) in [6, 6.07) is 10.8. The topological polar surface area (TPSA) is 64.9 Å². The van der Waals surface area contributed by atoms with Gasteiger partial charge in [0.2, 0.25) is 0 Å². The third-order valence-electron chi connectivity index (χ3n) is 3.25. The van der Waals surface area contributed by atoms with E-state index in [0.717, 1.165) is 0 Å². The molecule has 2 heterocycles. The molecule has 6 nitrogen and oxygen atoms in total. The Balaban J connectivity index is 1.90. The first-order valence-corrected chi connectivity index (χ1v) is 6.68. The number of hydrogen-bond donors (Lipinski definition) is 1. The molecule has 0 bridgehead atoms. The third-order valence-corrected chi connectivity index (χ3v) is 3.25. The first-order valence-electron chi connectivity index (χ1n) is 6.68. The number of nitrogens with one attached hydrogen (secondary N) is 1. The van der Waals surface area contributed by atoms with E-state index in [1.807, 2.05) is 24.4 Å².